The van der Waals surface area contributed by atoms with E-state index in [0.29, 0.717) is 22.6 Å². The minimum Gasteiger partial charge on any atom is -0.493 e. The zero-order valence-electron chi connectivity index (χ0n) is 24.2. The predicted molar refractivity (Wildman–Crippen MR) is 151 cm³/mol. The third kappa shape index (κ3) is 7.32. The minimum atomic E-state index is -1.69. The van der Waals surface area contributed by atoms with Gasteiger partial charge >= 0.3 is 5.97 Å². The Balaban J connectivity index is 2.03. The van der Waals surface area contributed by atoms with Crippen LogP contribution in [0.25, 0.3) is 5.70 Å². The van der Waals surface area contributed by atoms with Crippen LogP contribution >= 0.6 is 0 Å². The third-order valence-corrected chi connectivity index (χ3v) is 6.68. The van der Waals surface area contributed by atoms with Crippen LogP contribution in [0.5, 0.6) is 11.5 Å². The van der Waals surface area contributed by atoms with Gasteiger partial charge in [0.05, 0.1) is 19.9 Å². The van der Waals surface area contributed by atoms with Crippen LogP contribution in [0.1, 0.15) is 25.0 Å². The highest BCUT2D eigenvalue weighted by molar-refractivity contribution is 6.35. The molecule has 12 nitrogen and oxygen atoms in total. The second-order valence-corrected chi connectivity index (χ2v) is 9.91. The van der Waals surface area contributed by atoms with Crippen LogP contribution in [0.4, 0.5) is 0 Å². The number of methoxy groups -OCH3 is 3. The van der Waals surface area contributed by atoms with E-state index in [4.69, 9.17) is 14.2 Å². The number of ether oxygens (including phenoxy) is 3. The highest BCUT2D eigenvalue weighted by Gasteiger charge is 2.41. The molecule has 1 aliphatic rings. The SMILES string of the molecule is COCC(=O)N1C=C(c2ccc(OC)c(OC)c2)N(CC(=O)N[C@@H](Cc2ccccc2)C(=O)C(=O)O)C(=O)[C@@H]1C(C)C. The Bertz CT molecular complexity index is 1360. The lowest BCUT2D eigenvalue weighted by molar-refractivity contribution is -0.150. The number of hydrogen-bond donors (Lipinski definition) is 2. The molecule has 224 valence electrons. The number of carboxylic acids is 1. The van der Waals surface area contributed by atoms with Gasteiger partial charge < -0.3 is 29.5 Å². The molecule has 3 rings (SSSR count). The van der Waals surface area contributed by atoms with Gasteiger partial charge in [-0.25, -0.2) is 4.79 Å². The van der Waals surface area contributed by atoms with Crippen molar-refractivity contribution in [3.05, 3.63) is 65.9 Å². The molecule has 1 aliphatic heterocycles. The molecule has 3 amide bonds. The summed E-state index contributed by atoms with van der Waals surface area (Å²) < 4.78 is 15.8. The van der Waals surface area contributed by atoms with Gasteiger partial charge in [-0.05, 0) is 29.7 Å². The number of nitrogens with one attached hydrogen (secondary N) is 1. The first-order valence-electron chi connectivity index (χ1n) is 13.2. The number of carbonyl (C=O) groups excluding carboxylic acids is 4. The highest BCUT2D eigenvalue weighted by Crippen LogP contribution is 2.35. The van der Waals surface area contributed by atoms with Gasteiger partial charge in [0.25, 0.3) is 17.6 Å². The van der Waals surface area contributed by atoms with Gasteiger partial charge in [0, 0.05) is 25.3 Å². The van der Waals surface area contributed by atoms with Crippen LogP contribution in [-0.2, 0) is 35.1 Å². The standard InChI is InChI=1S/C30H35N3O9/c1-18(2)27-29(37)32(16-25(34)31-21(28(36)30(38)39)13-19-9-7-6-8-10-19)22(15-33(27)26(35)17-40-3)20-11-12-23(41-4)24(14-20)42-5/h6-12,14-15,18,21,27H,13,16-17H2,1-5H3,(H,31,34)(H,38,39)/t21-,27-/m0/s1. The van der Waals surface area contributed by atoms with Crippen LogP contribution in [0.15, 0.2) is 54.7 Å². The molecule has 0 bridgehead atoms. The van der Waals surface area contributed by atoms with Gasteiger partial charge in [-0.2, -0.15) is 0 Å². The van der Waals surface area contributed by atoms with E-state index in [2.05, 4.69) is 5.32 Å². The zero-order chi connectivity index (χ0) is 31.0. The normalized spacial score (nSPS) is 15.6. The van der Waals surface area contributed by atoms with Crippen LogP contribution in [0.2, 0.25) is 0 Å². The first kappa shape index (κ1) is 31.8. The van der Waals surface area contributed by atoms with Gasteiger partial charge in [0.1, 0.15) is 25.2 Å². The summed E-state index contributed by atoms with van der Waals surface area (Å²) in [6, 6.07) is 11.2. The second kappa shape index (κ2) is 14.3. The summed E-state index contributed by atoms with van der Waals surface area (Å²) in [5.41, 5.74) is 1.29. The van der Waals surface area contributed by atoms with E-state index in [1.165, 1.54) is 37.3 Å². The van der Waals surface area contributed by atoms with Crippen molar-refractivity contribution in [1.29, 1.82) is 0 Å². The summed E-state index contributed by atoms with van der Waals surface area (Å²) in [5.74, 6) is -4.20. The third-order valence-electron chi connectivity index (χ3n) is 6.68. The van der Waals surface area contributed by atoms with Crippen LogP contribution in [0.3, 0.4) is 0 Å². The number of Topliss-reactive ketones (excluding diaryl/α,β-unsaturated/α-hetero) is 1. The highest BCUT2D eigenvalue weighted by atomic mass is 16.5. The lowest BCUT2D eigenvalue weighted by Crippen LogP contribution is -2.57. The van der Waals surface area contributed by atoms with Crippen LogP contribution in [-0.4, -0.2) is 90.9 Å². The molecular weight excluding hydrogens is 546 g/mol. The molecule has 2 aromatic carbocycles. The summed E-state index contributed by atoms with van der Waals surface area (Å²) in [6.07, 6.45) is 1.42. The Morgan fingerprint density at radius 3 is 2.21 bits per heavy atom. The van der Waals surface area contributed by atoms with Gasteiger partial charge in [-0.15, -0.1) is 0 Å². The quantitative estimate of drug-likeness (QED) is 0.337. The number of rotatable bonds is 13. The van der Waals surface area contributed by atoms with Gasteiger partial charge in [-0.1, -0.05) is 44.2 Å². The largest absolute Gasteiger partial charge is 0.493 e. The van der Waals surface area contributed by atoms with Gasteiger partial charge in [-0.3, -0.25) is 24.1 Å². The Morgan fingerprint density at radius 2 is 1.64 bits per heavy atom. The monoisotopic (exact) mass is 581 g/mol. The summed E-state index contributed by atoms with van der Waals surface area (Å²) >= 11 is 0. The molecule has 0 unspecified atom stereocenters. The maximum Gasteiger partial charge on any atom is 0.374 e. The zero-order valence-corrected chi connectivity index (χ0v) is 24.2. The minimum absolute atomic E-state index is 0.0576. The van der Waals surface area contributed by atoms with E-state index in [1.807, 2.05) is 0 Å². The molecule has 0 saturated carbocycles. The Kier molecular flexibility index (Phi) is 10.8. The second-order valence-electron chi connectivity index (χ2n) is 9.91. The fraction of sp³-hybridized carbons (Fsp3) is 0.367. The maximum atomic E-state index is 14.0. The summed E-state index contributed by atoms with van der Waals surface area (Å²) in [4.78, 5) is 66.9. The van der Waals surface area contributed by atoms with E-state index in [9.17, 15) is 29.1 Å². The van der Waals surface area contributed by atoms with E-state index in [0.717, 1.165) is 0 Å². The molecule has 0 spiro atoms. The van der Waals surface area contributed by atoms with Crippen LogP contribution in [0, 0.1) is 5.92 Å². The number of ketones is 1. The number of carboxylic acid groups (broad SMARTS) is 1. The predicted octanol–water partition coefficient (Wildman–Crippen LogP) is 1.73. The average Bonchev–Trinajstić information content (AvgIpc) is 2.97. The number of nitrogens with zero attached hydrogens (tertiary/aromatic N) is 2. The van der Waals surface area contributed by atoms with Gasteiger partial charge in [0.2, 0.25) is 5.91 Å². The molecular formula is C30H35N3O9. The molecule has 2 aromatic rings. The van der Waals surface area contributed by atoms with Crippen molar-refractivity contribution in [3.63, 3.8) is 0 Å². The average molecular weight is 582 g/mol. The van der Waals surface area contributed by atoms with E-state index < -0.39 is 48.1 Å². The van der Waals surface area contributed by atoms with Gasteiger partial charge in [0.15, 0.2) is 11.5 Å². The van der Waals surface area contributed by atoms with Crippen molar-refractivity contribution in [2.24, 2.45) is 5.92 Å². The number of aliphatic carboxylic acids is 1. The van der Waals surface area contributed by atoms with Crippen molar-refractivity contribution >= 4 is 35.2 Å². The molecule has 12 heteroatoms. The first-order valence-corrected chi connectivity index (χ1v) is 13.2. The van der Waals surface area contributed by atoms with Crippen LogP contribution < -0.4 is 14.8 Å². The van der Waals surface area contributed by atoms with Crippen molar-refractivity contribution in [1.82, 2.24) is 15.1 Å². The lowest BCUT2D eigenvalue weighted by atomic mass is 9.96. The molecule has 0 aliphatic carbocycles. The fourth-order valence-electron chi connectivity index (χ4n) is 4.69. The number of amides is 3. The molecule has 0 saturated heterocycles. The molecule has 0 fully saturated rings. The van der Waals surface area contributed by atoms with Crippen molar-refractivity contribution < 1.29 is 43.3 Å². The van der Waals surface area contributed by atoms with E-state index >= 15 is 0 Å². The summed E-state index contributed by atoms with van der Waals surface area (Å²) in [7, 11) is 4.29. The maximum absolute atomic E-state index is 14.0. The van der Waals surface area contributed by atoms with Crippen molar-refractivity contribution in [2.45, 2.75) is 32.4 Å². The fourth-order valence-corrected chi connectivity index (χ4v) is 4.69. The first-order chi connectivity index (χ1) is 20.0. The number of benzene rings is 2. The smallest absolute Gasteiger partial charge is 0.374 e. The molecule has 0 radical (unpaired) electrons. The number of hydrogen-bond acceptors (Lipinski definition) is 8. The van der Waals surface area contributed by atoms with Crippen molar-refractivity contribution in [2.75, 3.05) is 34.5 Å². The Labute approximate surface area is 243 Å². The molecule has 0 aromatic heterocycles. The Morgan fingerprint density at radius 1 is 0.976 bits per heavy atom. The molecule has 2 N–H and O–H groups in total. The summed E-state index contributed by atoms with van der Waals surface area (Å²) in [6.45, 7) is 2.72. The van der Waals surface area contributed by atoms with Crippen molar-refractivity contribution in [3.8, 4) is 11.5 Å². The van der Waals surface area contributed by atoms with E-state index in [1.54, 1.807) is 62.4 Å². The molecule has 1 heterocycles. The topological polar surface area (TPSA) is 152 Å². The number of carbonyl (C=O) groups is 5. The van der Waals surface area contributed by atoms with E-state index in [-0.39, 0.29) is 24.6 Å². The lowest BCUT2D eigenvalue weighted by Gasteiger charge is -2.41. The molecule has 2 atom stereocenters. The molecule has 42 heavy (non-hydrogen) atoms. The summed E-state index contributed by atoms with van der Waals surface area (Å²) in [5, 5.41) is 11.9. The Hall–Kier alpha value is -4.71.